The lowest BCUT2D eigenvalue weighted by atomic mass is 10.1. The average Bonchev–Trinajstić information content (AvgIpc) is 3.27. The third-order valence-electron chi connectivity index (χ3n) is 5.52. The molecule has 0 spiro atoms. The Hall–Kier alpha value is -2.71. The van der Waals surface area contributed by atoms with Crippen LogP contribution in [0.4, 0.5) is 5.69 Å². The third kappa shape index (κ3) is 4.65. The fourth-order valence-corrected chi connectivity index (χ4v) is 4.40. The Morgan fingerprint density at radius 1 is 0.968 bits per heavy atom. The van der Waals surface area contributed by atoms with Crippen LogP contribution in [0.5, 0.6) is 17.2 Å². The molecule has 31 heavy (non-hydrogen) atoms. The van der Waals surface area contributed by atoms with Crippen molar-refractivity contribution in [2.24, 2.45) is 0 Å². The first-order valence-electron chi connectivity index (χ1n) is 10.2. The molecule has 0 radical (unpaired) electrons. The lowest BCUT2D eigenvalue weighted by molar-refractivity contribution is 0.246. The van der Waals surface area contributed by atoms with E-state index in [4.69, 9.17) is 14.2 Å². The number of para-hydroxylation sites is 2. The van der Waals surface area contributed by atoms with E-state index in [0.29, 0.717) is 11.5 Å². The van der Waals surface area contributed by atoms with E-state index in [1.54, 1.807) is 21.3 Å². The molecule has 0 unspecified atom stereocenters. The van der Waals surface area contributed by atoms with Crippen molar-refractivity contribution in [3.05, 3.63) is 52.8 Å². The zero-order valence-electron chi connectivity index (χ0n) is 18.0. The van der Waals surface area contributed by atoms with E-state index < -0.39 is 0 Å². The number of anilines is 1. The average molecular weight is 487 g/mol. The fourth-order valence-electron chi connectivity index (χ4n) is 3.96. The smallest absolute Gasteiger partial charge is 0.171 e. The zero-order valence-corrected chi connectivity index (χ0v) is 19.6. The van der Waals surface area contributed by atoms with Gasteiger partial charge in [0.1, 0.15) is 11.6 Å². The number of H-pyrrole nitrogens is 1. The molecule has 1 aromatic heterocycles. The van der Waals surface area contributed by atoms with Crippen LogP contribution in [-0.2, 0) is 6.54 Å². The Kier molecular flexibility index (Phi) is 6.67. The first-order chi connectivity index (χ1) is 15.1. The van der Waals surface area contributed by atoms with Crippen molar-refractivity contribution in [1.82, 2.24) is 14.9 Å². The number of aromatic amines is 1. The number of benzene rings is 2. The molecule has 0 aliphatic carbocycles. The molecule has 0 atom stereocenters. The monoisotopic (exact) mass is 486 g/mol. The summed E-state index contributed by atoms with van der Waals surface area (Å²) in [4.78, 5) is 12.9. The van der Waals surface area contributed by atoms with E-state index in [9.17, 15) is 0 Å². The minimum absolute atomic E-state index is 0.664. The maximum absolute atomic E-state index is 5.58. The largest absolute Gasteiger partial charge is 0.495 e. The number of ether oxygens (including phenoxy) is 3. The number of nitrogens with one attached hydrogen (secondary N) is 1. The number of aromatic nitrogens is 2. The molecular formula is C23H27BrN4O3. The van der Waals surface area contributed by atoms with Gasteiger partial charge in [-0.05, 0) is 24.3 Å². The minimum Gasteiger partial charge on any atom is -0.495 e. The molecule has 3 aromatic rings. The molecule has 164 valence electrons. The number of imidazole rings is 1. The van der Waals surface area contributed by atoms with E-state index in [-0.39, 0.29) is 0 Å². The van der Waals surface area contributed by atoms with Crippen molar-refractivity contribution >= 4 is 21.6 Å². The summed E-state index contributed by atoms with van der Waals surface area (Å²) >= 11 is 3.54. The highest BCUT2D eigenvalue weighted by molar-refractivity contribution is 9.10. The predicted molar refractivity (Wildman–Crippen MR) is 125 cm³/mol. The molecule has 0 amide bonds. The molecular weight excluding hydrogens is 460 g/mol. The Morgan fingerprint density at radius 3 is 2.42 bits per heavy atom. The van der Waals surface area contributed by atoms with Gasteiger partial charge in [0.25, 0.3) is 0 Å². The number of halogens is 1. The van der Waals surface area contributed by atoms with Gasteiger partial charge in [0.2, 0.25) is 0 Å². The number of nitrogens with zero attached hydrogens (tertiary/aromatic N) is 3. The topological polar surface area (TPSA) is 62.9 Å². The summed E-state index contributed by atoms with van der Waals surface area (Å²) in [6.07, 6.45) is 1.90. The highest BCUT2D eigenvalue weighted by atomic mass is 79.9. The van der Waals surface area contributed by atoms with Crippen LogP contribution in [0.3, 0.4) is 0 Å². The number of methoxy groups -OCH3 is 3. The van der Waals surface area contributed by atoms with Crippen molar-refractivity contribution in [3.63, 3.8) is 0 Å². The summed E-state index contributed by atoms with van der Waals surface area (Å²) in [6.45, 7) is 4.68. The maximum atomic E-state index is 5.58. The first-order valence-corrected chi connectivity index (χ1v) is 11.0. The van der Waals surface area contributed by atoms with Gasteiger partial charge in [-0.2, -0.15) is 0 Å². The second-order valence-corrected chi connectivity index (χ2v) is 8.30. The lowest BCUT2D eigenvalue weighted by Crippen LogP contribution is -2.46. The van der Waals surface area contributed by atoms with E-state index in [1.807, 2.05) is 30.5 Å². The van der Waals surface area contributed by atoms with Crippen molar-refractivity contribution in [2.75, 3.05) is 52.4 Å². The number of piperazine rings is 1. The van der Waals surface area contributed by atoms with E-state index >= 15 is 0 Å². The van der Waals surface area contributed by atoms with Crippen molar-refractivity contribution in [1.29, 1.82) is 0 Å². The fraction of sp³-hybridized carbons (Fsp3) is 0.348. The minimum atomic E-state index is 0.664. The normalized spacial score (nSPS) is 14.5. The standard InChI is InChI=1S/C23H27BrN4O3/c1-29-20-7-5-4-6-19(20)28-10-8-27(9-11-28)15-17-14-25-23(26-17)18-12-16(24)13-21(30-2)22(18)31-3/h4-7,12-14H,8-11,15H2,1-3H3,(H,25,26). The van der Waals surface area contributed by atoms with Crippen LogP contribution in [0.2, 0.25) is 0 Å². The Morgan fingerprint density at radius 2 is 1.71 bits per heavy atom. The Balaban J connectivity index is 1.43. The molecule has 1 aliphatic heterocycles. The van der Waals surface area contributed by atoms with Crippen molar-refractivity contribution in [3.8, 4) is 28.6 Å². The summed E-state index contributed by atoms with van der Waals surface area (Å²) in [5.41, 5.74) is 3.09. The second kappa shape index (κ2) is 9.62. The quantitative estimate of drug-likeness (QED) is 0.540. The van der Waals surface area contributed by atoms with Crippen LogP contribution in [0.15, 0.2) is 47.1 Å². The molecule has 1 aliphatic rings. The van der Waals surface area contributed by atoms with Gasteiger partial charge in [0.15, 0.2) is 11.5 Å². The molecule has 0 saturated carbocycles. The molecule has 2 heterocycles. The zero-order chi connectivity index (χ0) is 21.8. The molecule has 8 heteroatoms. The van der Waals surface area contributed by atoms with Gasteiger partial charge in [-0.1, -0.05) is 28.1 Å². The highest BCUT2D eigenvalue weighted by Crippen LogP contribution is 2.39. The third-order valence-corrected chi connectivity index (χ3v) is 5.98. The van der Waals surface area contributed by atoms with Gasteiger partial charge in [-0.15, -0.1) is 0 Å². The SMILES string of the molecule is COc1ccccc1N1CCN(Cc2cnc(-c3cc(Br)cc(OC)c3OC)[nH]2)CC1. The van der Waals surface area contributed by atoms with E-state index in [1.165, 1.54) is 0 Å². The lowest BCUT2D eigenvalue weighted by Gasteiger charge is -2.36. The van der Waals surface area contributed by atoms with Crippen LogP contribution in [0.25, 0.3) is 11.4 Å². The van der Waals surface area contributed by atoms with Crippen molar-refractivity contribution < 1.29 is 14.2 Å². The molecule has 0 bridgehead atoms. The van der Waals surface area contributed by atoms with Gasteiger partial charge < -0.3 is 24.1 Å². The van der Waals surface area contributed by atoms with Gasteiger partial charge in [-0.3, -0.25) is 4.90 Å². The van der Waals surface area contributed by atoms with Crippen LogP contribution < -0.4 is 19.1 Å². The molecule has 7 nitrogen and oxygen atoms in total. The molecule has 2 aromatic carbocycles. The van der Waals surface area contributed by atoms with E-state index in [2.05, 4.69) is 47.8 Å². The summed E-state index contributed by atoms with van der Waals surface area (Å²) in [6, 6.07) is 12.1. The summed E-state index contributed by atoms with van der Waals surface area (Å²) in [5, 5.41) is 0. The summed E-state index contributed by atoms with van der Waals surface area (Å²) in [5.74, 6) is 3.01. The van der Waals surface area contributed by atoms with Gasteiger partial charge in [0, 0.05) is 49.1 Å². The molecule has 4 rings (SSSR count). The number of hydrogen-bond donors (Lipinski definition) is 1. The van der Waals surface area contributed by atoms with Crippen LogP contribution in [0.1, 0.15) is 5.69 Å². The molecule has 1 fully saturated rings. The van der Waals surface area contributed by atoms with Crippen molar-refractivity contribution in [2.45, 2.75) is 6.54 Å². The van der Waals surface area contributed by atoms with Crippen LogP contribution >= 0.6 is 15.9 Å². The Labute approximate surface area is 191 Å². The molecule has 1 saturated heterocycles. The first kappa shape index (κ1) is 21.5. The second-order valence-electron chi connectivity index (χ2n) is 7.38. The highest BCUT2D eigenvalue weighted by Gasteiger charge is 2.21. The van der Waals surface area contributed by atoms with Crippen LogP contribution in [-0.4, -0.2) is 62.4 Å². The molecule has 1 N–H and O–H groups in total. The van der Waals surface area contributed by atoms with Gasteiger partial charge >= 0.3 is 0 Å². The van der Waals surface area contributed by atoms with Gasteiger partial charge in [-0.25, -0.2) is 4.98 Å². The Bertz CT molecular complexity index is 1030. The van der Waals surface area contributed by atoms with Crippen LogP contribution in [0, 0.1) is 0 Å². The summed E-state index contributed by atoms with van der Waals surface area (Å²) < 4.78 is 17.5. The summed E-state index contributed by atoms with van der Waals surface area (Å²) in [7, 11) is 4.99. The van der Waals surface area contributed by atoms with E-state index in [0.717, 1.165) is 65.7 Å². The predicted octanol–water partition coefficient (Wildman–Crippen LogP) is 4.19. The number of rotatable bonds is 7. The number of hydrogen-bond acceptors (Lipinski definition) is 6. The maximum Gasteiger partial charge on any atom is 0.171 e. The van der Waals surface area contributed by atoms with Gasteiger partial charge in [0.05, 0.1) is 32.6 Å².